The summed E-state index contributed by atoms with van der Waals surface area (Å²) in [6.45, 7) is 6.34. The Hall–Kier alpha value is -1.95. The predicted octanol–water partition coefficient (Wildman–Crippen LogP) is 3.79. The zero-order valence-corrected chi connectivity index (χ0v) is 20.4. The van der Waals surface area contributed by atoms with Crippen LogP contribution in [0.25, 0.3) is 0 Å². The van der Waals surface area contributed by atoms with Gasteiger partial charge in [-0.2, -0.15) is 22.6 Å². The highest BCUT2D eigenvalue weighted by molar-refractivity contribution is 7.90. The fraction of sp³-hybridized carbons (Fsp3) is 0.609. The van der Waals surface area contributed by atoms with Crippen LogP contribution in [0.2, 0.25) is 0 Å². The molecule has 0 aliphatic carbocycles. The van der Waals surface area contributed by atoms with Crippen molar-refractivity contribution in [2.45, 2.75) is 69.6 Å². The van der Waals surface area contributed by atoms with Gasteiger partial charge in [0.05, 0.1) is 22.5 Å². The molecule has 0 amide bonds. The number of alkyl halides is 3. The third-order valence-electron chi connectivity index (χ3n) is 6.87. The van der Waals surface area contributed by atoms with E-state index in [0.717, 1.165) is 11.6 Å². The second-order valence-electron chi connectivity index (χ2n) is 10.0. The molecule has 0 spiro atoms. The Kier molecular flexibility index (Phi) is 6.60. The summed E-state index contributed by atoms with van der Waals surface area (Å²) in [7, 11) is -3.49. The number of hydrogen-bond donors (Lipinski definition) is 2. The first-order valence-electron chi connectivity index (χ1n) is 11.4. The Morgan fingerprint density at radius 3 is 2.38 bits per heavy atom. The second kappa shape index (κ2) is 8.92. The molecule has 2 aliphatic rings. The number of H-pyrrole nitrogens is 1. The van der Waals surface area contributed by atoms with Crippen molar-refractivity contribution < 1.29 is 26.7 Å². The summed E-state index contributed by atoms with van der Waals surface area (Å²) >= 11 is 0. The number of nitrogens with zero attached hydrogens (tertiary/aromatic N) is 3. The number of hydrogen-bond acceptors (Lipinski definition) is 5. The van der Waals surface area contributed by atoms with Crippen LogP contribution in [0.4, 0.5) is 13.2 Å². The molecule has 1 aromatic heterocycles. The maximum atomic E-state index is 13.4. The molecule has 4 rings (SSSR count). The van der Waals surface area contributed by atoms with E-state index in [-0.39, 0.29) is 12.5 Å². The minimum absolute atomic E-state index is 0.172. The van der Waals surface area contributed by atoms with Crippen molar-refractivity contribution in [3.63, 3.8) is 0 Å². The first-order valence-corrected chi connectivity index (χ1v) is 12.9. The minimum atomic E-state index is -4.39. The Labute approximate surface area is 198 Å². The molecule has 1 fully saturated rings. The van der Waals surface area contributed by atoms with E-state index in [1.165, 1.54) is 10.4 Å². The molecule has 2 N–H and O–H groups in total. The molecule has 0 bridgehead atoms. The van der Waals surface area contributed by atoms with E-state index in [1.807, 2.05) is 4.90 Å². The molecule has 0 radical (unpaired) electrons. The van der Waals surface area contributed by atoms with E-state index in [1.54, 1.807) is 32.9 Å². The fourth-order valence-corrected chi connectivity index (χ4v) is 6.27. The zero-order chi connectivity index (χ0) is 24.9. The number of rotatable bonds is 4. The van der Waals surface area contributed by atoms with E-state index in [0.29, 0.717) is 55.8 Å². The number of aromatic amines is 1. The number of aliphatic hydroxyl groups is 1. The first-order chi connectivity index (χ1) is 15.8. The van der Waals surface area contributed by atoms with Gasteiger partial charge in [-0.15, -0.1) is 0 Å². The van der Waals surface area contributed by atoms with Crippen LogP contribution < -0.4 is 0 Å². The average Bonchev–Trinajstić information content (AvgIpc) is 3.21. The van der Waals surface area contributed by atoms with Crippen LogP contribution in [-0.4, -0.2) is 57.3 Å². The standard InChI is InChI=1S/C23H31F3N4O3S/c1-22(2,3)34(32,33)30-13-10-17-19(14-30)27-28-20(17)21(31)29-11-8-15(9-12-29)16-6-4-5-7-18(16)23(24,25)26/h4-7,15,21,31H,8-14H2,1-3H3,(H,27,28). The molecule has 1 atom stereocenters. The predicted molar refractivity (Wildman–Crippen MR) is 121 cm³/mol. The molecule has 2 aromatic rings. The highest BCUT2D eigenvalue weighted by Crippen LogP contribution is 2.40. The molecule has 1 unspecified atom stereocenters. The van der Waals surface area contributed by atoms with Gasteiger partial charge in [0, 0.05) is 25.2 Å². The Morgan fingerprint density at radius 1 is 1.12 bits per heavy atom. The van der Waals surface area contributed by atoms with Crippen LogP contribution in [0.15, 0.2) is 24.3 Å². The molecule has 11 heteroatoms. The molecular weight excluding hydrogens is 469 g/mol. The van der Waals surface area contributed by atoms with E-state index in [9.17, 15) is 26.7 Å². The van der Waals surface area contributed by atoms with Crippen molar-refractivity contribution in [3.05, 3.63) is 52.3 Å². The highest BCUT2D eigenvalue weighted by Gasteiger charge is 2.40. The van der Waals surface area contributed by atoms with Crippen molar-refractivity contribution >= 4 is 10.0 Å². The molecule has 2 aliphatic heterocycles. The van der Waals surface area contributed by atoms with Crippen molar-refractivity contribution in [2.75, 3.05) is 19.6 Å². The number of likely N-dealkylation sites (tertiary alicyclic amines) is 1. The van der Waals surface area contributed by atoms with E-state index < -0.39 is 32.7 Å². The summed E-state index contributed by atoms with van der Waals surface area (Å²) < 4.78 is 66.4. The van der Waals surface area contributed by atoms with Gasteiger partial charge in [-0.1, -0.05) is 18.2 Å². The van der Waals surface area contributed by atoms with Gasteiger partial charge < -0.3 is 5.11 Å². The lowest BCUT2D eigenvalue weighted by Gasteiger charge is -2.36. The summed E-state index contributed by atoms with van der Waals surface area (Å²) in [6.07, 6.45) is -3.97. The van der Waals surface area contributed by atoms with Gasteiger partial charge in [0.2, 0.25) is 10.0 Å². The van der Waals surface area contributed by atoms with E-state index in [4.69, 9.17) is 0 Å². The Bertz CT molecular complexity index is 1130. The lowest BCUT2D eigenvalue weighted by Crippen LogP contribution is -2.45. The molecule has 3 heterocycles. The number of aliphatic hydroxyl groups excluding tert-OH is 1. The number of sulfonamides is 1. The Morgan fingerprint density at radius 2 is 1.76 bits per heavy atom. The van der Waals surface area contributed by atoms with Gasteiger partial charge in [0.25, 0.3) is 0 Å². The van der Waals surface area contributed by atoms with E-state index >= 15 is 0 Å². The zero-order valence-electron chi connectivity index (χ0n) is 19.6. The van der Waals surface area contributed by atoms with Crippen molar-refractivity contribution in [2.24, 2.45) is 0 Å². The normalized spacial score (nSPS) is 20.3. The van der Waals surface area contributed by atoms with Crippen LogP contribution in [0.3, 0.4) is 0 Å². The lowest BCUT2D eigenvalue weighted by atomic mass is 9.86. The van der Waals surface area contributed by atoms with Gasteiger partial charge in [-0.25, -0.2) is 8.42 Å². The quantitative estimate of drug-likeness (QED) is 0.667. The van der Waals surface area contributed by atoms with Crippen LogP contribution >= 0.6 is 0 Å². The molecule has 7 nitrogen and oxygen atoms in total. The maximum Gasteiger partial charge on any atom is 0.416 e. The summed E-state index contributed by atoms with van der Waals surface area (Å²) in [5.74, 6) is -0.231. The van der Waals surface area contributed by atoms with Gasteiger partial charge in [-0.3, -0.25) is 10.00 Å². The van der Waals surface area contributed by atoms with Gasteiger partial charge in [-0.05, 0) is 57.6 Å². The number of aromatic nitrogens is 2. The number of nitrogens with one attached hydrogen (secondary N) is 1. The summed E-state index contributed by atoms with van der Waals surface area (Å²) in [5, 5.41) is 18.2. The van der Waals surface area contributed by atoms with Crippen LogP contribution in [0.5, 0.6) is 0 Å². The van der Waals surface area contributed by atoms with Gasteiger partial charge in [0.15, 0.2) is 6.23 Å². The summed E-state index contributed by atoms with van der Waals surface area (Å²) in [4.78, 5) is 1.82. The van der Waals surface area contributed by atoms with Crippen molar-refractivity contribution in [1.29, 1.82) is 0 Å². The van der Waals surface area contributed by atoms with Crippen molar-refractivity contribution in [1.82, 2.24) is 19.4 Å². The molecule has 1 aromatic carbocycles. The van der Waals surface area contributed by atoms with Crippen LogP contribution in [0, 0.1) is 0 Å². The topological polar surface area (TPSA) is 89.5 Å². The molecule has 34 heavy (non-hydrogen) atoms. The largest absolute Gasteiger partial charge is 0.416 e. The smallest absolute Gasteiger partial charge is 0.372 e. The summed E-state index contributed by atoms with van der Waals surface area (Å²) in [5.41, 5.74) is 1.67. The highest BCUT2D eigenvalue weighted by atomic mass is 32.2. The SMILES string of the molecule is CC(C)(C)S(=O)(=O)N1CCc2c(C(O)N3CCC(c4ccccc4C(F)(F)F)CC3)n[nH]c2C1. The molecule has 0 saturated carbocycles. The number of fused-ring (bicyclic) bond motifs is 1. The first kappa shape index (κ1) is 25.2. The monoisotopic (exact) mass is 500 g/mol. The molecular formula is C23H31F3N4O3S. The van der Waals surface area contributed by atoms with Crippen molar-refractivity contribution in [3.8, 4) is 0 Å². The third-order valence-corrected chi connectivity index (χ3v) is 9.41. The number of halogens is 3. The summed E-state index contributed by atoms with van der Waals surface area (Å²) in [6, 6.07) is 5.70. The Balaban J connectivity index is 1.45. The molecule has 188 valence electrons. The third kappa shape index (κ3) is 4.62. The fourth-order valence-electron chi connectivity index (χ4n) is 4.86. The van der Waals surface area contributed by atoms with Crippen LogP contribution in [-0.2, 0) is 29.2 Å². The van der Waals surface area contributed by atoms with Crippen LogP contribution in [0.1, 0.15) is 73.8 Å². The average molecular weight is 501 g/mol. The van der Waals surface area contributed by atoms with E-state index in [2.05, 4.69) is 10.2 Å². The molecule has 1 saturated heterocycles. The minimum Gasteiger partial charge on any atom is -0.372 e. The lowest BCUT2D eigenvalue weighted by molar-refractivity contribution is -0.138. The van der Waals surface area contributed by atoms with Gasteiger partial charge in [0.1, 0.15) is 5.69 Å². The second-order valence-corrected chi connectivity index (χ2v) is 12.7. The maximum absolute atomic E-state index is 13.4. The van der Waals surface area contributed by atoms with Gasteiger partial charge >= 0.3 is 6.18 Å². The number of benzene rings is 1. The number of piperidine rings is 1.